The highest BCUT2D eigenvalue weighted by Gasteiger charge is 2.25. The van der Waals surface area contributed by atoms with E-state index in [1.807, 2.05) is 24.0 Å². The van der Waals surface area contributed by atoms with E-state index >= 15 is 0 Å². The molecule has 1 aliphatic heterocycles. The first-order chi connectivity index (χ1) is 14.1. The largest absolute Gasteiger partial charge is 0.508 e. The quantitative estimate of drug-likeness (QED) is 0.488. The molecule has 0 aliphatic carbocycles. The highest BCUT2D eigenvalue weighted by molar-refractivity contribution is 5.80. The van der Waals surface area contributed by atoms with E-state index in [1.165, 1.54) is 6.07 Å². The van der Waals surface area contributed by atoms with Crippen LogP contribution < -0.4 is 20.3 Å². The van der Waals surface area contributed by atoms with Gasteiger partial charge in [-0.05, 0) is 43.5 Å². The van der Waals surface area contributed by atoms with Crippen molar-refractivity contribution in [2.75, 3.05) is 38.2 Å². The molecule has 1 fully saturated rings. The Balaban J connectivity index is 1.56. The summed E-state index contributed by atoms with van der Waals surface area (Å²) in [6, 6.07) is 8.46. The van der Waals surface area contributed by atoms with E-state index < -0.39 is 0 Å². The van der Waals surface area contributed by atoms with Gasteiger partial charge in [-0.1, -0.05) is 6.07 Å². The van der Waals surface area contributed by atoms with Gasteiger partial charge < -0.3 is 25.4 Å². The highest BCUT2D eigenvalue weighted by Crippen LogP contribution is 2.24. The van der Waals surface area contributed by atoms with Crippen LogP contribution in [0.5, 0.6) is 11.5 Å². The zero-order valence-corrected chi connectivity index (χ0v) is 16.9. The summed E-state index contributed by atoms with van der Waals surface area (Å²) < 4.78 is 19.1. The van der Waals surface area contributed by atoms with E-state index in [-0.39, 0.29) is 17.6 Å². The Morgan fingerprint density at radius 1 is 1.41 bits per heavy atom. The van der Waals surface area contributed by atoms with Crippen LogP contribution in [0.3, 0.4) is 0 Å². The number of pyridine rings is 1. The molecule has 0 radical (unpaired) electrons. The first-order valence-electron chi connectivity index (χ1n) is 9.87. The third kappa shape index (κ3) is 5.49. The lowest BCUT2D eigenvalue weighted by Crippen LogP contribution is -2.44. The SMILES string of the molecule is CCNC(=NCCc1ccc(OC)cc1O)NC1CCN(c2ncccc2F)C1. The molecule has 3 rings (SSSR count). The lowest BCUT2D eigenvalue weighted by atomic mass is 10.1. The number of halogens is 1. The normalized spacial score (nSPS) is 16.7. The van der Waals surface area contributed by atoms with Crippen LogP contribution >= 0.6 is 0 Å². The maximum atomic E-state index is 14.0. The number of phenolic OH excluding ortho intramolecular Hbond substituents is 1. The molecule has 3 N–H and O–H groups in total. The number of guanidine groups is 1. The van der Waals surface area contributed by atoms with Gasteiger partial charge >= 0.3 is 0 Å². The van der Waals surface area contributed by atoms with Gasteiger partial charge in [-0.2, -0.15) is 0 Å². The van der Waals surface area contributed by atoms with Gasteiger partial charge in [-0.15, -0.1) is 0 Å². The third-order valence-electron chi connectivity index (χ3n) is 4.86. The van der Waals surface area contributed by atoms with Crippen LogP contribution in [0.2, 0.25) is 0 Å². The Bertz CT molecular complexity index is 846. The molecule has 29 heavy (non-hydrogen) atoms. The van der Waals surface area contributed by atoms with Crippen molar-refractivity contribution >= 4 is 11.8 Å². The summed E-state index contributed by atoms with van der Waals surface area (Å²) >= 11 is 0. The number of anilines is 1. The number of hydrogen-bond acceptors (Lipinski definition) is 5. The Labute approximate surface area is 170 Å². The zero-order chi connectivity index (χ0) is 20.6. The Hall–Kier alpha value is -3.03. The number of ether oxygens (including phenoxy) is 1. The molecular weight excluding hydrogens is 373 g/mol. The smallest absolute Gasteiger partial charge is 0.191 e. The van der Waals surface area contributed by atoms with Crippen molar-refractivity contribution in [1.29, 1.82) is 0 Å². The molecule has 2 heterocycles. The number of nitrogens with one attached hydrogen (secondary N) is 2. The minimum Gasteiger partial charge on any atom is -0.508 e. The Kier molecular flexibility index (Phi) is 7.10. The second-order valence-electron chi connectivity index (χ2n) is 6.89. The van der Waals surface area contributed by atoms with Gasteiger partial charge in [0.25, 0.3) is 0 Å². The number of aromatic nitrogens is 1. The summed E-state index contributed by atoms with van der Waals surface area (Å²) in [5.74, 6) is 1.65. The molecule has 0 saturated carbocycles. The molecule has 1 aliphatic rings. The van der Waals surface area contributed by atoms with E-state index in [9.17, 15) is 9.50 Å². The van der Waals surface area contributed by atoms with E-state index in [2.05, 4.69) is 20.6 Å². The van der Waals surface area contributed by atoms with E-state index in [0.717, 1.165) is 25.1 Å². The molecule has 7 nitrogen and oxygen atoms in total. The number of nitrogens with zero attached hydrogens (tertiary/aromatic N) is 3. The molecule has 0 bridgehead atoms. The number of aliphatic imine (C=N–C) groups is 1. The second-order valence-corrected chi connectivity index (χ2v) is 6.89. The number of aromatic hydroxyl groups is 1. The van der Waals surface area contributed by atoms with Crippen LogP contribution in [0.25, 0.3) is 0 Å². The number of benzene rings is 1. The summed E-state index contributed by atoms with van der Waals surface area (Å²) in [7, 11) is 1.57. The fraction of sp³-hybridized carbons (Fsp3) is 0.429. The minimum absolute atomic E-state index is 0.156. The number of rotatable bonds is 7. The van der Waals surface area contributed by atoms with Crippen molar-refractivity contribution in [2.24, 2.45) is 4.99 Å². The zero-order valence-electron chi connectivity index (χ0n) is 16.9. The van der Waals surface area contributed by atoms with Gasteiger partial charge in [-0.25, -0.2) is 9.37 Å². The lowest BCUT2D eigenvalue weighted by Gasteiger charge is -2.20. The van der Waals surface area contributed by atoms with E-state index in [1.54, 1.807) is 25.4 Å². The first kappa shape index (κ1) is 20.7. The molecule has 8 heteroatoms. The molecule has 1 saturated heterocycles. The lowest BCUT2D eigenvalue weighted by molar-refractivity contribution is 0.406. The fourth-order valence-electron chi connectivity index (χ4n) is 3.36. The van der Waals surface area contributed by atoms with Crippen LogP contribution in [0.15, 0.2) is 41.5 Å². The Morgan fingerprint density at radius 2 is 2.28 bits per heavy atom. The second kappa shape index (κ2) is 9.95. The van der Waals surface area contributed by atoms with Crippen molar-refractivity contribution in [3.8, 4) is 11.5 Å². The molecule has 1 aromatic carbocycles. The average molecular weight is 401 g/mol. The molecule has 2 aromatic rings. The van der Waals surface area contributed by atoms with Crippen molar-refractivity contribution in [2.45, 2.75) is 25.8 Å². The molecule has 156 valence electrons. The van der Waals surface area contributed by atoms with Gasteiger partial charge in [0.05, 0.1) is 7.11 Å². The number of methoxy groups -OCH3 is 1. The maximum absolute atomic E-state index is 14.0. The van der Waals surface area contributed by atoms with E-state index in [4.69, 9.17) is 4.74 Å². The van der Waals surface area contributed by atoms with Gasteiger partial charge in [0.1, 0.15) is 11.5 Å². The van der Waals surface area contributed by atoms with Crippen LogP contribution in [0.4, 0.5) is 10.2 Å². The van der Waals surface area contributed by atoms with Crippen LogP contribution in [0.1, 0.15) is 18.9 Å². The fourth-order valence-corrected chi connectivity index (χ4v) is 3.36. The predicted octanol–water partition coefficient (Wildman–Crippen LogP) is 2.31. The summed E-state index contributed by atoms with van der Waals surface area (Å²) in [6.07, 6.45) is 3.10. The Morgan fingerprint density at radius 3 is 3.00 bits per heavy atom. The van der Waals surface area contributed by atoms with Crippen LogP contribution in [0, 0.1) is 5.82 Å². The average Bonchev–Trinajstić information content (AvgIpc) is 3.17. The summed E-state index contributed by atoms with van der Waals surface area (Å²) in [5, 5.41) is 16.7. The van der Waals surface area contributed by atoms with Gasteiger partial charge in [-0.3, -0.25) is 4.99 Å². The number of hydrogen-bond donors (Lipinski definition) is 3. The maximum Gasteiger partial charge on any atom is 0.191 e. The summed E-state index contributed by atoms with van der Waals surface area (Å²) in [5.41, 5.74) is 0.822. The molecule has 1 aromatic heterocycles. The van der Waals surface area contributed by atoms with Gasteiger partial charge in [0.15, 0.2) is 17.6 Å². The third-order valence-corrected chi connectivity index (χ3v) is 4.86. The standard InChI is InChI=1S/C21H28FN5O2/c1-3-23-21(25-11-8-15-6-7-17(29-2)13-19(15)28)26-16-9-12-27(14-16)20-18(22)5-4-10-24-20/h4-7,10,13,16,28H,3,8-9,11-12,14H2,1-2H3,(H2,23,25,26). The molecule has 1 atom stereocenters. The first-order valence-corrected chi connectivity index (χ1v) is 9.87. The van der Waals surface area contributed by atoms with Crippen molar-refractivity contribution in [1.82, 2.24) is 15.6 Å². The van der Waals surface area contributed by atoms with Crippen molar-refractivity contribution in [3.63, 3.8) is 0 Å². The molecule has 0 amide bonds. The van der Waals surface area contributed by atoms with Crippen LogP contribution in [-0.2, 0) is 6.42 Å². The van der Waals surface area contributed by atoms with Gasteiger partial charge in [0.2, 0.25) is 0 Å². The number of phenols is 1. The topological polar surface area (TPSA) is 82.0 Å². The monoisotopic (exact) mass is 401 g/mol. The summed E-state index contributed by atoms with van der Waals surface area (Å²) in [4.78, 5) is 10.7. The molecule has 1 unspecified atom stereocenters. The minimum atomic E-state index is -0.298. The predicted molar refractivity (Wildman–Crippen MR) is 112 cm³/mol. The van der Waals surface area contributed by atoms with Crippen molar-refractivity contribution in [3.05, 3.63) is 47.9 Å². The van der Waals surface area contributed by atoms with Crippen LogP contribution in [-0.4, -0.2) is 55.4 Å². The van der Waals surface area contributed by atoms with E-state index in [0.29, 0.717) is 37.0 Å². The van der Waals surface area contributed by atoms with Crippen molar-refractivity contribution < 1.29 is 14.2 Å². The summed E-state index contributed by atoms with van der Waals surface area (Å²) in [6.45, 7) is 4.69. The van der Waals surface area contributed by atoms with Gasteiger partial charge in [0, 0.05) is 44.5 Å². The highest BCUT2D eigenvalue weighted by atomic mass is 19.1. The molecule has 0 spiro atoms. The molecular formula is C21H28FN5O2.